The molecule has 3 rings (SSSR count). The van der Waals surface area contributed by atoms with Crippen molar-refractivity contribution in [2.75, 3.05) is 33.7 Å². The quantitative estimate of drug-likeness (QED) is 0.850. The summed E-state index contributed by atoms with van der Waals surface area (Å²) in [7, 11) is 4.44. The van der Waals surface area contributed by atoms with Crippen molar-refractivity contribution in [1.29, 1.82) is 0 Å². The molecule has 2 N–H and O–H groups in total. The average molecular weight is 277 g/mol. The molecule has 1 saturated carbocycles. The number of nitrogens with two attached hydrogens (primary N) is 1. The molecule has 2 atom stereocenters. The predicted octanol–water partition coefficient (Wildman–Crippen LogP) is 1.24. The summed E-state index contributed by atoms with van der Waals surface area (Å²) in [5.74, 6) is 0. The van der Waals surface area contributed by atoms with Gasteiger partial charge in [-0.05, 0) is 46.3 Å². The molecule has 20 heavy (non-hydrogen) atoms. The maximum Gasteiger partial charge on any atom is 0.0951 e. The van der Waals surface area contributed by atoms with E-state index in [-0.39, 0.29) is 6.04 Å². The van der Waals surface area contributed by atoms with Crippen molar-refractivity contribution in [2.45, 2.75) is 43.8 Å². The van der Waals surface area contributed by atoms with Crippen LogP contribution in [0.5, 0.6) is 0 Å². The Bertz CT molecular complexity index is 439. The lowest BCUT2D eigenvalue weighted by Crippen LogP contribution is -2.41. The van der Waals surface area contributed by atoms with Gasteiger partial charge < -0.3 is 15.2 Å². The van der Waals surface area contributed by atoms with E-state index in [0.717, 1.165) is 6.54 Å². The molecular formula is C15H27N5. The van der Waals surface area contributed by atoms with Gasteiger partial charge in [0.25, 0.3) is 0 Å². The highest BCUT2D eigenvalue weighted by atomic mass is 15.2. The van der Waals surface area contributed by atoms with E-state index in [1.54, 1.807) is 0 Å². The van der Waals surface area contributed by atoms with E-state index in [4.69, 9.17) is 5.73 Å². The summed E-state index contributed by atoms with van der Waals surface area (Å²) in [6.45, 7) is 2.98. The first-order chi connectivity index (χ1) is 9.70. The first kappa shape index (κ1) is 14.0. The van der Waals surface area contributed by atoms with Crippen LogP contribution in [0.1, 0.15) is 43.5 Å². The number of hydrogen-bond acceptors (Lipinski definition) is 4. The minimum atomic E-state index is 0.284. The number of hydrogen-bond donors (Lipinski definition) is 1. The predicted molar refractivity (Wildman–Crippen MR) is 80.6 cm³/mol. The number of imidazole rings is 1. The van der Waals surface area contributed by atoms with Crippen LogP contribution in [0, 0.1) is 0 Å². The van der Waals surface area contributed by atoms with Crippen molar-refractivity contribution in [3.8, 4) is 0 Å². The molecule has 1 aromatic rings. The van der Waals surface area contributed by atoms with Gasteiger partial charge in [-0.25, -0.2) is 4.98 Å². The average Bonchev–Trinajstić information content (AvgIpc) is 3.04. The third-order valence-electron chi connectivity index (χ3n) is 4.90. The van der Waals surface area contributed by atoms with Gasteiger partial charge in [-0.3, -0.25) is 4.90 Å². The van der Waals surface area contributed by atoms with E-state index >= 15 is 0 Å². The maximum absolute atomic E-state index is 6.07. The third kappa shape index (κ3) is 2.75. The Morgan fingerprint density at radius 1 is 1.45 bits per heavy atom. The molecule has 0 amide bonds. The molecule has 2 heterocycles. The summed E-state index contributed by atoms with van der Waals surface area (Å²) in [5.41, 5.74) is 7.36. The van der Waals surface area contributed by atoms with Gasteiger partial charge in [0.15, 0.2) is 0 Å². The summed E-state index contributed by atoms with van der Waals surface area (Å²) >= 11 is 0. The van der Waals surface area contributed by atoms with Crippen LogP contribution in [-0.2, 0) is 0 Å². The summed E-state index contributed by atoms with van der Waals surface area (Å²) < 4.78 is 2.34. The maximum atomic E-state index is 6.07. The summed E-state index contributed by atoms with van der Waals surface area (Å²) in [4.78, 5) is 9.25. The van der Waals surface area contributed by atoms with E-state index < -0.39 is 0 Å². The summed E-state index contributed by atoms with van der Waals surface area (Å²) in [5, 5.41) is 0. The zero-order chi connectivity index (χ0) is 14.1. The second-order valence-electron chi connectivity index (χ2n) is 6.42. The van der Waals surface area contributed by atoms with Gasteiger partial charge in [-0.15, -0.1) is 0 Å². The van der Waals surface area contributed by atoms with E-state index in [9.17, 15) is 0 Å². The Balaban J connectivity index is 1.70. The number of likely N-dealkylation sites (tertiary alicyclic amines) is 1. The van der Waals surface area contributed by atoms with E-state index in [2.05, 4.69) is 33.4 Å². The molecule has 0 aromatic carbocycles. The largest absolute Gasteiger partial charge is 0.330 e. The SMILES string of the molecule is CN1CCCC1CN(C)C(CN)c1cncn1C1CC1. The van der Waals surface area contributed by atoms with Crippen LogP contribution < -0.4 is 5.73 Å². The standard InChI is InChI=1S/C15H27N5/c1-18-7-3-4-13(18)10-19(2)14(8-16)15-9-17-11-20(15)12-5-6-12/h9,11-14H,3-8,10,16H2,1-2H3. The minimum absolute atomic E-state index is 0.284. The lowest BCUT2D eigenvalue weighted by molar-refractivity contribution is 0.175. The molecule has 2 fully saturated rings. The number of likely N-dealkylation sites (N-methyl/N-ethyl adjacent to an activating group) is 2. The Morgan fingerprint density at radius 3 is 2.85 bits per heavy atom. The zero-order valence-electron chi connectivity index (χ0n) is 12.7. The van der Waals surface area contributed by atoms with Gasteiger partial charge in [0, 0.05) is 31.4 Å². The Hall–Kier alpha value is -0.910. The van der Waals surface area contributed by atoms with Crippen LogP contribution in [-0.4, -0.2) is 59.1 Å². The van der Waals surface area contributed by atoms with Gasteiger partial charge in [-0.2, -0.15) is 0 Å². The van der Waals surface area contributed by atoms with Crippen molar-refractivity contribution in [3.05, 3.63) is 18.2 Å². The smallest absolute Gasteiger partial charge is 0.0951 e. The fourth-order valence-electron chi connectivity index (χ4n) is 3.43. The van der Waals surface area contributed by atoms with E-state index in [0.29, 0.717) is 18.6 Å². The molecule has 0 spiro atoms. The van der Waals surface area contributed by atoms with Crippen LogP contribution in [0.2, 0.25) is 0 Å². The van der Waals surface area contributed by atoms with Crippen molar-refractivity contribution >= 4 is 0 Å². The molecular weight excluding hydrogens is 250 g/mol. The Kier molecular flexibility index (Phi) is 4.10. The molecule has 0 bridgehead atoms. The van der Waals surface area contributed by atoms with Crippen molar-refractivity contribution in [1.82, 2.24) is 19.4 Å². The number of aromatic nitrogens is 2. The van der Waals surface area contributed by atoms with Gasteiger partial charge in [0.1, 0.15) is 0 Å². The summed E-state index contributed by atoms with van der Waals surface area (Å²) in [6.07, 6.45) is 9.18. The van der Waals surface area contributed by atoms with Crippen molar-refractivity contribution < 1.29 is 0 Å². The lowest BCUT2D eigenvalue weighted by Gasteiger charge is -2.32. The van der Waals surface area contributed by atoms with Gasteiger partial charge in [0.05, 0.1) is 18.1 Å². The number of rotatable bonds is 6. The highest BCUT2D eigenvalue weighted by molar-refractivity contribution is 5.10. The molecule has 1 aromatic heterocycles. The van der Waals surface area contributed by atoms with Crippen LogP contribution in [0.4, 0.5) is 0 Å². The van der Waals surface area contributed by atoms with E-state index in [1.165, 1.54) is 37.9 Å². The third-order valence-corrected chi connectivity index (χ3v) is 4.90. The topological polar surface area (TPSA) is 50.3 Å². The fraction of sp³-hybridized carbons (Fsp3) is 0.800. The van der Waals surface area contributed by atoms with E-state index in [1.807, 2.05) is 12.5 Å². The molecule has 2 unspecified atom stereocenters. The zero-order valence-corrected chi connectivity index (χ0v) is 12.7. The Labute approximate surface area is 121 Å². The second kappa shape index (κ2) is 5.84. The molecule has 5 nitrogen and oxygen atoms in total. The van der Waals surface area contributed by atoms with Crippen LogP contribution in [0.25, 0.3) is 0 Å². The number of nitrogens with zero attached hydrogens (tertiary/aromatic N) is 4. The first-order valence-corrected chi connectivity index (χ1v) is 7.83. The van der Waals surface area contributed by atoms with Crippen molar-refractivity contribution in [2.24, 2.45) is 5.73 Å². The molecule has 0 radical (unpaired) electrons. The minimum Gasteiger partial charge on any atom is -0.330 e. The second-order valence-corrected chi connectivity index (χ2v) is 6.42. The normalized spacial score (nSPS) is 25.5. The monoisotopic (exact) mass is 277 g/mol. The molecule has 1 aliphatic carbocycles. The van der Waals surface area contributed by atoms with Crippen molar-refractivity contribution in [3.63, 3.8) is 0 Å². The molecule has 1 aliphatic heterocycles. The van der Waals surface area contributed by atoms with Crippen LogP contribution in [0.15, 0.2) is 12.5 Å². The highest BCUT2D eigenvalue weighted by Gasteiger charge is 2.30. The molecule has 5 heteroatoms. The van der Waals surface area contributed by atoms with Gasteiger partial charge >= 0.3 is 0 Å². The van der Waals surface area contributed by atoms with Gasteiger partial charge in [-0.1, -0.05) is 0 Å². The van der Waals surface area contributed by atoms with Crippen LogP contribution in [0.3, 0.4) is 0 Å². The summed E-state index contributed by atoms with van der Waals surface area (Å²) in [6, 6.07) is 1.63. The molecule has 112 valence electrons. The van der Waals surface area contributed by atoms with Gasteiger partial charge in [0.2, 0.25) is 0 Å². The lowest BCUT2D eigenvalue weighted by atomic mass is 10.1. The van der Waals surface area contributed by atoms with Crippen LogP contribution >= 0.6 is 0 Å². The highest BCUT2D eigenvalue weighted by Crippen LogP contribution is 2.37. The first-order valence-electron chi connectivity index (χ1n) is 7.83. The fourth-order valence-corrected chi connectivity index (χ4v) is 3.43. The molecule has 1 saturated heterocycles. The molecule has 2 aliphatic rings. The Morgan fingerprint density at radius 2 is 2.25 bits per heavy atom.